The summed E-state index contributed by atoms with van der Waals surface area (Å²) in [5, 5.41) is 0. The van der Waals surface area contributed by atoms with Crippen molar-refractivity contribution in [1.29, 1.82) is 0 Å². The molecule has 29 heavy (non-hydrogen) atoms. The summed E-state index contributed by atoms with van der Waals surface area (Å²) < 4.78 is 11.7. The van der Waals surface area contributed by atoms with Gasteiger partial charge in [-0.2, -0.15) is 0 Å². The molecule has 0 radical (unpaired) electrons. The lowest BCUT2D eigenvalue weighted by molar-refractivity contribution is -0.119. The molecular weight excluding hydrogens is 434 g/mol. The molecule has 0 saturated carbocycles. The fourth-order valence-corrected chi connectivity index (χ4v) is 4.74. The van der Waals surface area contributed by atoms with Crippen LogP contribution < -0.4 is 14.4 Å². The number of methoxy groups -OCH3 is 2. The molecule has 0 spiro atoms. The number of amides is 1. The number of hydrogen-bond donors (Lipinski definition) is 0. The van der Waals surface area contributed by atoms with Gasteiger partial charge in [0, 0.05) is 46.1 Å². The van der Waals surface area contributed by atoms with Gasteiger partial charge in [-0.05, 0) is 47.0 Å². The zero-order valence-electron chi connectivity index (χ0n) is 16.4. The molecule has 1 atom stereocenters. The van der Waals surface area contributed by atoms with Gasteiger partial charge in [0.05, 0.1) is 19.9 Å². The minimum Gasteiger partial charge on any atom is -0.497 e. The van der Waals surface area contributed by atoms with Crippen molar-refractivity contribution in [2.24, 2.45) is 0 Å². The van der Waals surface area contributed by atoms with Crippen molar-refractivity contribution in [2.75, 3.05) is 19.1 Å². The summed E-state index contributed by atoms with van der Waals surface area (Å²) in [6.07, 6.45) is 2.17. The van der Waals surface area contributed by atoms with Crippen LogP contribution in [-0.4, -0.2) is 25.9 Å². The SMILES string of the molecule is COc1ccc(C2CC(=O)N(c3ccccc3Br)C3=C2C(=O)CCC3)c(OC)c1. The number of allylic oxidation sites excluding steroid dienone is 2. The molecule has 1 aliphatic carbocycles. The Bertz CT molecular complexity index is 1010. The molecule has 2 aliphatic rings. The average Bonchev–Trinajstić information content (AvgIpc) is 2.73. The van der Waals surface area contributed by atoms with Gasteiger partial charge in [0.1, 0.15) is 11.5 Å². The lowest BCUT2D eigenvalue weighted by Gasteiger charge is -2.39. The van der Waals surface area contributed by atoms with Crippen LogP contribution in [0.15, 0.2) is 58.2 Å². The number of Topliss-reactive ketones (excluding diaryl/α,β-unsaturated/α-hetero) is 1. The van der Waals surface area contributed by atoms with Crippen LogP contribution in [0.5, 0.6) is 11.5 Å². The van der Waals surface area contributed by atoms with Gasteiger partial charge < -0.3 is 9.47 Å². The van der Waals surface area contributed by atoms with Crippen molar-refractivity contribution in [3.63, 3.8) is 0 Å². The molecule has 1 unspecified atom stereocenters. The highest BCUT2D eigenvalue weighted by Crippen LogP contribution is 2.47. The first-order valence-electron chi connectivity index (χ1n) is 9.60. The van der Waals surface area contributed by atoms with E-state index < -0.39 is 0 Å². The summed E-state index contributed by atoms with van der Waals surface area (Å²) in [7, 11) is 3.19. The predicted molar refractivity (Wildman–Crippen MR) is 114 cm³/mol. The average molecular weight is 456 g/mol. The Balaban J connectivity index is 1.88. The number of rotatable bonds is 4. The number of carbonyl (C=O) groups excluding carboxylic acids is 2. The molecule has 1 aliphatic heterocycles. The van der Waals surface area contributed by atoms with Crippen molar-refractivity contribution in [3.05, 3.63) is 63.8 Å². The Hall–Kier alpha value is -2.60. The van der Waals surface area contributed by atoms with E-state index in [0.29, 0.717) is 24.3 Å². The van der Waals surface area contributed by atoms with Gasteiger partial charge >= 0.3 is 0 Å². The van der Waals surface area contributed by atoms with E-state index in [2.05, 4.69) is 15.9 Å². The molecule has 1 amide bonds. The number of halogens is 1. The third-order valence-electron chi connectivity index (χ3n) is 5.58. The van der Waals surface area contributed by atoms with Crippen molar-refractivity contribution in [1.82, 2.24) is 0 Å². The Labute approximate surface area is 178 Å². The quantitative estimate of drug-likeness (QED) is 0.651. The lowest BCUT2D eigenvalue weighted by atomic mass is 9.77. The van der Waals surface area contributed by atoms with Crippen molar-refractivity contribution >= 4 is 33.3 Å². The summed E-state index contributed by atoms with van der Waals surface area (Å²) in [5.41, 5.74) is 3.17. The van der Waals surface area contributed by atoms with Crippen LogP contribution in [0.25, 0.3) is 0 Å². The molecular formula is C23H22BrNO4. The van der Waals surface area contributed by atoms with Gasteiger partial charge in [-0.15, -0.1) is 0 Å². The van der Waals surface area contributed by atoms with E-state index >= 15 is 0 Å². The standard InChI is InChI=1S/C23H22BrNO4/c1-28-14-10-11-15(21(12-14)29-2)16-13-22(27)25(18-7-4-3-6-17(18)24)19-8-5-9-20(26)23(16)19/h3-4,6-7,10-12,16H,5,8-9,13H2,1-2H3. The van der Waals surface area contributed by atoms with Crippen LogP contribution >= 0.6 is 15.9 Å². The van der Waals surface area contributed by atoms with E-state index in [9.17, 15) is 9.59 Å². The van der Waals surface area contributed by atoms with E-state index in [1.165, 1.54) is 0 Å². The van der Waals surface area contributed by atoms with Gasteiger partial charge in [0.25, 0.3) is 0 Å². The number of carbonyl (C=O) groups is 2. The smallest absolute Gasteiger partial charge is 0.232 e. The van der Waals surface area contributed by atoms with E-state index in [4.69, 9.17) is 9.47 Å². The fourth-order valence-electron chi connectivity index (χ4n) is 4.28. The molecule has 150 valence electrons. The normalized spacial score (nSPS) is 19.3. The van der Waals surface area contributed by atoms with Gasteiger partial charge in [0.15, 0.2) is 5.78 Å². The minimum absolute atomic E-state index is 0.0202. The Morgan fingerprint density at radius 3 is 2.55 bits per heavy atom. The maximum Gasteiger partial charge on any atom is 0.232 e. The highest BCUT2D eigenvalue weighted by molar-refractivity contribution is 9.10. The molecule has 4 rings (SSSR count). The molecule has 0 fully saturated rings. The van der Waals surface area contributed by atoms with E-state index in [1.807, 2.05) is 36.4 Å². The van der Waals surface area contributed by atoms with Gasteiger partial charge in [-0.25, -0.2) is 0 Å². The second-order valence-corrected chi connectivity index (χ2v) is 8.04. The molecule has 1 heterocycles. The van der Waals surface area contributed by atoms with Gasteiger partial charge in [0.2, 0.25) is 5.91 Å². The maximum atomic E-state index is 13.3. The monoisotopic (exact) mass is 455 g/mol. The zero-order valence-corrected chi connectivity index (χ0v) is 18.0. The zero-order chi connectivity index (χ0) is 20.5. The van der Waals surface area contributed by atoms with Crippen LogP contribution in [0.2, 0.25) is 0 Å². The number of ketones is 1. The molecule has 5 nitrogen and oxygen atoms in total. The lowest BCUT2D eigenvalue weighted by Crippen LogP contribution is -2.40. The Kier molecular flexibility index (Phi) is 5.46. The Morgan fingerprint density at radius 1 is 1.03 bits per heavy atom. The second-order valence-electron chi connectivity index (χ2n) is 7.18. The summed E-state index contributed by atoms with van der Waals surface area (Å²) in [4.78, 5) is 28.1. The summed E-state index contributed by atoms with van der Waals surface area (Å²) in [6, 6.07) is 13.2. The van der Waals surface area contributed by atoms with Crippen LogP contribution in [0.3, 0.4) is 0 Å². The molecule has 2 aromatic rings. The van der Waals surface area contributed by atoms with Crippen LogP contribution in [0, 0.1) is 0 Å². The summed E-state index contributed by atoms with van der Waals surface area (Å²) >= 11 is 3.55. The molecule has 2 aromatic carbocycles. The van der Waals surface area contributed by atoms with Crippen LogP contribution in [0.4, 0.5) is 5.69 Å². The molecule has 0 saturated heterocycles. The first kappa shape index (κ1) is 19.7. The van der Waals surface area contributed by atoms with Crippen LogP contribution in [-0.2, 0) is 9.59 Å². The number of nitrogens with zero attached hydrogens (tertiary/aromatic N) is 1. The molecule has 0 aromatic heterocycles. The highest BCUT2D eigenvalue weighted by Gasteiger charge is 2.41. The molecule has 0 bridgehead atoms. The van der Waals surface area contributed by atoms with Gasteiger partial charge in [-0.1, -0.05) is 18.2 Å². The van der Waals surface area contributed by atoms with Crippen molar-refractivity contribution < 1.29 is 19.1 Å². The third-order valence-corrected chi connectivity index (χ3v) is 6.26. The predicted octanol–water partition coefficient (Wildman–Crippen LogP) is 4.99. The van der Waals surface area contributed by atoms with Crippen LogP contribution in [0.1, 0.15) is 37.2 Å². The number of anilines is 1. The first-order chi connectivity index (χ1) is 14.0. The third kappa shape index (κ3) is 3.46. The minimum atomic E-state index is -0.315. The van der Waals surface area contributed by atoms with E-state index in [-0.39, 0.29) is 24.0 Å². The number of hydrogen-bond acceptors (Lipinski definition) is 4. The van der Waals surface area contributed by atoms with Crippen molar-refractivity contribution in [3.8, 4) is 11.5 Å². The summed E-state index contributed by atoms with van der Waals surface area (Å²) in [6.45, 7) is 0. The number of benzene rings is 2. The van der Waals surface area contributed by atoms with E-state index in [1.54, 1.807) is 25.2 Å². The second kappa shape index (κ2) is 8.03. The van der Waals surface area contributed by atoms with Gasteiger partial charge in [-0.3, -0.25) is 14.5 Å². The molecule has 6 heteroatoms. The molecule has 0 N–H and O–H groups in total. The Morgan fingerprint density at radius 2 is 1.83 bits per heavy atom. The largest absolute Gasteiger partial charge is 0.497 e. The van der Waals surface area contributed by atoms with E-state index in [0.717, 1.165) is 33.4 Å². The fraction of sp³-hybridized carbons (Fsp3) is 0.304. The van der Waals surface area contributed by atoms with Crippen molar-refractivity contribution in [2.45, 2.75) is 31.6 Å². The topological polar surface area (TPSA) is 55.8 Å². The number of para-hydroxylation sites is 1. The first-order valence-corrected chi connectivity index (χ1v) is 10.4. The highest BCUT2D eigenvalue weighted by atomic mass is 79.9. The summed E-state index contributed by atoms with van der Waals surface area (Å²) in [5.74, 6) is 1.07. The number of ether oxygens (including phenoxy) is 2. The maximum absolute atomic E-state index is 13.3.